The van der Waals surface area contributed by atoms with Crippen molar-refractivity contribution >= 4 is 10.9 Å². The third-order valence-corrected chi connectivity index (χ3v) is 4.57. The van der Waals surface area contributed by atoms with Crippen LogP contribution in [-0.2, 0) is 6.42 Å². The Morgan fingerprint density at radius 1 is 1.35 bits per heavy atom. The summed E-state index contributed by atoms with van der Waals surface area (Å²) < 4.78 is 33.4. The largest absolute Gasteiger partial charge is 0.497 e. The van der Waals surface area contributed by atoms with E-state index in [2.05, 4.69) is 9.88 Å². The summed E-state index contributed by atoms with van der Waals surface area (Å²) in [5.41, 5.74) is 6.37. The standard InChI is InChI=1S/C17H21F2N3O/c1-23-12-6-14-13(3-5-22-4-2-11(8-20)10-22)16(19)9-21-17(14)15(18)7-12/h6-7,9,11H,2-5,8,10,20H2,1H3/t11-/m0/s1. The first kappa shape index (κ1) is 16.1. The summed E-state index contributed by atoms with van der Waals surface area (Å²) in [5.74, 6) is -0.00992. The van der Waals surface area contributed by atoms with Crippen LogP contribution in [0, 0.1) is 17.6 Å². The van der Waals surface area contributed by atoms with Crippen LogP contribution in [-0.4, -0.2) is 43.2 Å². The van der Waals surface area contributed by atoms with Crippen LogP contribution >= 0.6 is 0 Å². The SMILES string of the molecule is COc1cc(F)c2ncc(F)c(CCN3CC[C@@H](CN)C3)c2c1. The topological polar surface area (TPSA) is 51.4 Å². The highest BCUT2D eigenvalue weighted by Crippen LogP contribution is 2.28. The average Bonchev–Trinajstić information content (AvgIpc) is 3.01. The molecule has 0 spiro atoms. The van der Waals surface area contributed by atoms with Crippen molar-refractivity contribution < 1.29 is 13.5 Å². The Morgan fingerprint density at radius 3 is 2.87 bits per heavy atom. The van der Waals surface area contributed by atoms with Crippen molar-refractivity contribution in [1.29, 1.82) is 0 Å². The lowest BCUT2D eigenvalue weighted by molar-refractivity contribution is 0.328. The van der Waals surface area contributed by atoms with E-state index < -0.39 is 11.6 Å². The van der Waals surface area contributed by atoms with Gasteiger partial charge in [0.15, 0.2) is 5.82 Å². The quantitative estimate of drug-likeness (QED) is 0.918. The number of pyridine rings is 1. The Morgan fingerprint density at radius 2 is 2.17 bits per heavy atom. The fourth-order valence-electron chi connectivity index (χ4n) is 3.21. The van der Waals surface area contributed by atoms with Gasteiger partial charge in [-0.05, 0) is 37.9 Å². The molecule has 2 heterocycles. The molecule has 0 amide bonds. The van der Waals surface area contributed by atoms with Gasteiger partial charge in [-0.25, -0.2) is 8.78 Å². The molecule has 6 heteroatoms. The number of benzene rings is 1. The predicted octanol–water partition coefficient (Wildman–Crippen LogP) is 2.34. The zero-order chi connectivity index (χ0) is 16.4. The third-order valence-electron chi connectivity index (χ3n) is 4.57. The van der Waals surface area contributed by atoms with E-state index in [9.17, 15) is 8.78 Å². The molecule has 124 valence electrons. The molecule has 0 aliphatic carbocycles. The minimum Gasteiger partial charge on any atom is -0.497 e. The Bertz CT molecular complexity index is 708. The molecule has 1 aromatic heterocycles. The van der Waals surface area contributed by atoms with Crippen molar-refractivity contribution in [3.8, 4) is 5.75 Å². The summed E-state index contributed by atoms with van der Waals surface area (Å²) in [7, 11) is 1.46. The summed E-state index contributed by atoms with van der Waals surface area (Å²) in [6, 6.07) is 2.92. The third kappa shape index (κ3) is 3.28. The van der Waals surface area contributed by atoms with E-state index in [0.29, 0.717) is 35.6 Å². The first-order chi connectivity index (χ1) is 11.1. The van der Waals surface area contributed by atoms with Gasteiger partial charge in [-0.3, -0.25) is 4.98 Å². The molecule has 1 saturated heterocycles. The first-order valence-corrected chi connectivity index (χ1v) is 7.85. The molecule has 1 aromatic carbocycles. The Labute approximate surface area is 134 Å². The molecule has 0 saturated carbocycles. The lowest BCUT2D eigenvalue weighted by Crippen LogP contribution is -2.25. The number of nitrogens with zero attached hydrogens (tertiary/aromatic N) is 2. The summed E-state index contributed by atoms with van der Waals surface area (Å²) in [6.07, 6.45) is 2.69. The fraction of sp³-hybridized carbons (Fsp3) is 0.471. The smallest absolute Gasteiger partial charge is 0.153 e. The van der Waals surface area contributed by atoms with E-state index in [4.69, 9.17) is 10.5 Å². The first-order valence-electron chi connectivity index (χ1n) is 7.85. The second kappa shape index (κ2) is 6.76. The fourth-order valence-corrected chi connectivity index (χ4v) is 3.21. The summed E-state index contributed by atoms with van der Waals surface area (Å²) in [5, 5.41) is 0.483. The Hall–Kier alpha value is -1.79. The average molecular weight is 321 g/mol. The summed E-state index contributed by atoms with van der Waals surface area (Å²) in [4.78, 5) is 6.16. The van der Waals surface area contributed by atoms with E-state index in [-0.39, 0.29) is 5.52 Å². The number of methoxy groups -OCH3 is 1. The number of ether oxygens (including phenoxy) is 1. The number of aromatic nitrogens is 1. The maximum Gasteiger partial charge on any atom is 0.153 e. The number of halogens is 2. The Kier molecular flexibility index (Phi) is 4.73. The van der Waals surface area contributed by atoms with E-state index in [0.717, 1.165) is 32.3 Å². The molecule has 1 atom stereocenters. The van der Waals surface area contributed by atoms with Gasteiger partial charge in [-0.2, -0.15) is 0 Å². The van der Waals surface area contributed by atoms with Crippen LogP contribution < -0.4 is 10.5 Å². The molecule has 0 radical (unpaired) electrons. The number of fused-ring (bicyclic) bond motifs is 1. The lowest BCUT2D eigenvalue weighted by atomic mass is 10.0. The minimum atomic E-state index is -0.495. The number of hydrogen-bond acceptors (Lipinski definition) is 4. The number of likely N-dealkylation sites (tertiary alicyclic amines) is 1. The number of hydrogen-bond donors (Lipinski definition) is 1. The van der Waals surface area contributed by atoms with E-state index in [1.54, 1.807) is 6.07 Å². The van der Waals surface area contributed by atoms with Crippen molar-refractivity contribution in [3.05, 3.63) is 35.5 Å². The summed E-state index contributed by atoms with van der Waals surface area (Å²) in [6.45, 7) is 3.33. The maximum absolute atomic E-state index is 14.2. The molecule has 4 nitrogen and oxygen atoms in total. The lowest BCUT2D eigenvalue weighted by Gasteiger charge is -2.17. The van der Waals surface area contributed by atoms with Crippen molar-refractivity contribution in [2.75, 3.05) is 33.3 Å². The highest BCUT2D eigenvalue weighted by atomic mass is 19.1. The van der Waals surface area contributed by atoms with Crippen LogP contribution in [0.2, 0.25) is 0 Å². The van der Waals surface area contributed by atoms with Crippen molar-refractivity contribution in [1.82, 2.24) is 9.88 Å². The van der Waals surface area contributed by atoms with Crippen LogP contribution in [0.1, 0.15) is 12.0 Å². The van der Waals surface area contributed by atoms with Gasteiger partial charge in [0.25, 0.3) is 0 Å². The molecule has 23 heavy (non-hydrogen) atoms. The molecule has 0 bridgehead atoms. The molecule has 2 aromatic rings. The molecular formula is C17H21F2N3O. The molecular weight excluding hydrogens is 300 g/mol. The molecule has 3 rings (SSSR count). The van der Waals surface area contributed by atoms with Gasteiger partial charge in [0.05, 0.1) is 13.3 Å². The van der Waals surface area contributed by atoms with E-state index >= 15 is 0 Å². The molecule has 1 aliphatic heterocycles. The van der Waals surface area contributed by atoms with Crippen LogP contribution in [0.25, 0.3) is 10.9 Å². The van der Waals surface area contributed by atoms with Gasteiger partial charge < -0.3 is 15.4 Å². The molecule has 0 unspecified atom stereocenters. The van der Waals surface area contributed by atoms with Gasteiger partial charge in [0.1, 0.15) is 17.1 Å². The van der Waals surface area contributed by atoms with Crippen LogP contribution in [0.4, 0.5) is 8.78 Å². The molecule has 1 fully saturated rings. The monoisotopic (exact) mass is 321 g/mol. The maximum atomic E-state index is 14.2. The second-order valence-corrected chi connectivity index (χ2v) is 6.03. The zero-order valence-electron chi connectivity index (χ0n) is 13.2. The summed E-state index contributed by atoms with van der Waals surface area (Å²) >= 11 is 0. The van der Waals surface area contributed by atoms with Crippen LogP contribution in [0.5, 0.6) is 5.75 Å². The van der Waals surface area contributed by atoms with E-state index in [1.165, 1.54) is 13.2 Å². The normalized spacial score (nSPS) is 18.7. The van der Waals surface area contributed by atoms with Gasteiger partial charge >= 0.3 is 0 Å². The Balaban J connectivity index is 1.87. The van der Waals surface area contributed by atoms with Crippen LogP contribution in [0.3, 0.4) is 0 Å². The molecule has 2 N–H and O–H groups in total. The van der Waals surface area contributed by atoms with Crippen LogP contribution in [0.15, 0.2) is 18.3 Å². The van der Waals surface area contributed by atoms with Crippen molar-refractivity contribution in [3.63, 3.8) is 0 Å². The number of rotatable bonds is 5. The van der Waals surface area contributed by atoms with E-state index in [1.807, 2.05) is 0 Å². The zero-order valence-corrected chi connectivity index (χ0v) is 13.2. The van der Waals surface area contributed by atoms with Gasteiger partial charge in [0.2, 0.25) is 0 Å². The number of nitrogens with two attached hydrogens (primary N) is 1. The van der Waals surface area contributed by atoms with Gasteiger partial charge in [-0.1, -0.05) is 0 Å². The highest BCUT2D eigenvalue weighted by Gasteiger charge is 2.22. The van der Waals surface area contributed by atoms with Crippen molar-refractivity contribution in [2.24, 2.45) is 11.7 Å². The van der Waals surface area contributed by atoms with Gasteiger partial charge in [-0.15, -0.1) is 0 Å². The van der Waals surface area contributed by atoms with Crippen molar-refractivity contribution in [2.45, 2.75) is 12.8 Å². The minimum absolute atomic E-state index is 0.184. The molecule has 1 aliphatic rings. The highest BCUT2D eigenvalue weighted by molar-refractivity contribution is 5.84. The van der Waals surface area contributed by atoms with Gasteiger partial charge in [0, 0.05) is 30.1 Å². The predicted molar refractivity (Wildman–Crippen MR) is 85.5 cm³/mol. The second-order valence-electron chi connectivity index (χ2n) is 6.03.